The summed E-state index contributed by atoms with van der Waals surface area (Å²) in [6.07, 6.45) is 1.66. The number of rotatable bonds is 4. The summed E-state index contributed by atoms with van der Waals surface area (Å²) in [7, 11) is 0. The predicted molar refractivity (Wildman–Crippen MR) is 86.9 cm³/mol. The van der Waals surface area contributed by atoms with E-state index in [1.54, 1.807) is 4.90 Å². The van der Waals surface area contributed by atoms with Crippen LogP contribution >= 0.6 is 0 Å². The molecule has 1 N–H and O–H groups in total. The Morgan fingerprint density at radius 3 is 2.64 bits per heavy atom. The highest BCUT2D eigenvalue weighted by molar-refractivity contribution is 5.79. The van der Waals surface area contributed by atoms with Crippen molar-refractivity contribution in [3.8, 4) is 0 Å². The Hall–Kier alpha value is -2.14. The predicted octanol–water partition coefficient (Wildman–Crippen LogP) is 1.36. The number of benzene rings is 1. The summed E-state index contributed by atoms with van der Waals surface area (Å²) in [5.41, 5.74) is 2.91. The SMILES string of the molecule is CCc1cc2ccc(CN3CCN(C=O)CC3)cc2[nH]c1=O. The number of fused-ring (bicyclic) bond motifs is 1. The van der Waals surface area contributed by atoms with Crippen molar-refractivity contribution in [2.75, 3.05) is 26.2 Å². The average molecular weight is 299 g/mol. The van der Waals surface area contributed by atoms with Crippen LogP contribution in [0, 0.1) is 0 Å². The van der Waals surface area contributed by atoms with Crippen molar-refractivity contribution in [1.29, 1.82) is 0 Å². The molecule has 0 radical (unpaired) electrons. The van der Waals surface area contributed by atoms with E-state index in [-0.39, 0.29) is 5.56 Å². The van der Waals surface area contributed by atoms with Crippen molar-refractivity contribution < 1.29 is 4.79 Å². The summed E-state index contributed by atoms with van der Waals surface area (Å²) >= 11 is 0. The second-order valence-electron chi connectivity index (χ2n) is 5.82. The van der Waals surface area contributed by atoms with Crippen LogP contribution in [-0.2, 0) is 17.8 Å². The summed E-state index contributed by atoms with van der Waals surface area (Å²) in [4.78, 5) is 29.8. The van der Waals surface area contributed by atoms with Crippen LogP contribution in [0.25, 0.3) is 10.9 Å². The van der Waals surface area contributed by atoms with Crippen LogP contribution in [0.4, 0.5) is 0 Å². The number of piperazine rings is 1. The number of H-pyrrole nitrogens is 1. The Balaban J connectivity index is 1.78. The van der Waals surface area contributed by atoms with E-state index in [1.165, 1.54) is 5.56 Å². The zero-order valence-electron chi connectivity index (χ0n) is 12.8. The minimum Gasteiger partial charge on any atom is -0.343 e. The lowest BCUT2D eigenvalue weighted by Crippen LogP contribution is -2.45. The molecule has 5 nitrogen and oxygen atoms in total. The molecule has 3 rings (SSSR count). The lowest BCUT2D eigenvalue weighted by atomic mass is 10.1. The topological polar surface area (TPSA) is 56.4 Å². The number of aromatic nitrogens is 1. The van der Waals surface area contributed by atoms with E-state index in [0.717, 1.165) is 62.0 Å². The molecule has 2 aromatic rings. The largest absolute Gasteiger partial charge is 0.343 e. The Morgan fingerprint density at radius 1 is 1.18 bits per heavy atom. The number of carbonyl (C=O) groups is 1. The van der Waals surface area contributed by atoms with Gasteiger partial charge in [-0.3, -0.25) is 14.5 Å². The standard InChI is InChI=1S/C17H21N3O2/c1-2-14-10-15-4-3-13(9-16(15)18-17(14)22)11-19-5-7-20(12-21)8-6-19/h3-4,9-10,12H,2,5-8,11H2,1H3,(H,18,22). The lowest BCUT2D eigenvalue weighted by molar-refractivity contribution is -0.119. The molecule has 1 amide bonds. The maximum atomic E-state index is 11.9. The molecular weight excluding hydrogens is 278 g/mol. The van der Waals surface area contributed by atoms with Gasteiger partial charge in [0.2, 0.25) is 6.41 Å². The first-order chi connectivity index (χ1) is 10.7. The smallest absolute Gasteiger partial charge is 0.251 e. The second-order valence-corrected chi connectivity index (χ2v) is 5.82. The van der Waals surface area contributed by atoms with Crippen LogP contribution in [0.1, 0.15) is 18.1 Å². The number of aromatic amines is 1. The molecule has 1 fully saturated rings. The summed E-state index contributed by atoms with van der Waals surface area (Å²) in [6.45, 7) is 6.19. The van der Waals surface area contributed by atoms with Crippen LogP contribution < -0.4 is 5.56 Å². The molecule has 1 aliphatic heterocycles. The quantitative estimate of drug-likeness (QED) is 0.867. The van der Waals surface area contributed by atoms with Gasteiger partial charge in [0.25, 0.3) is 5.56 Å². The summed E-state index contributed by atoms with van der Waals surface area (Å²) in [5, 5.41) is 1.07. The van der Waals surface area contributed by atoms with E-state index in [2.05, 4.69) is 28.1 Å². The third-order valence-corrected chi connectivity index (χ3v) is 4.33. The fourth-order valence-electron chi connectivity index (χ4n) is 2.94. The number of hydrogen-bond donors (Lipinski definition) is 1. The molecule has 0 bridgehead atoms. The molecule has 0 unspecified atom stereocenters. The Kier molecular flexibility index (Phi) is 4.24. The minimum absolute atomic E-state index is 0.00625. The molecule has 22 heavy (non-hydrogen) atoms. The van der Waals surface area contributed by atoms with Crippen LogP contribution in [0.2, 0.25) is 0 Å². The molecule has 0 atom stereocenters. The zero-order valence-corrected chi connectivity index (χ0v) is 12.8. The first-order valence-corrected chi connectivity index (χ1v) is 7.76. The maximum Gasteiger partial charge on any atom is 0.251 e. The van der Waals surface area contributed by atoms with Gasteiger partial charge in [-0.1, -0.05) is 19.1 Å². The second kappa shape index (κ2) is 6.32. The average Bonchev–Trinajstić information content (AvgIpc) is 2.55. The molecule has 0 aliphatic carbocycles. The van der Waals surface area contributed by atoms with Crippen molar-refractivity contribution in [1.82, 2.24) is 14.8 Å². The highest BCUT2D eigenvalue weighted by Gasteiger charge is 2.15. The molecule has 116 valence electrons. The van der Waals surface area contributed by atoms with E-state index in [1.807, 2.05) is 13.0 Å². The fourth-order valence-corrected chi connectivity index (χ4v) is 2.94. The number of aryl methyl sites for hydroxylation is 1. The monoisotopic (exact) mass is 299 g/mol. The van der Waals surface area contributed by atoms with Crippen LogP contribution in [0.5, 0.6) is 0 Å². The molecule has 2 heterocycles. The number of carbonyl (C=O) groups excluding carboxylic acids is 1. The van der Waals surface area contributed by atoms with Crippen LogP contribution in [0.15, 0.2) is 29.1 Å². The first kappa shape index (κ1) is 14.8. The van der Waals surface area contributed by atoms with E-state index in [0.29, 0.717) is 0 Å². The normalized spacial score (nSPS) is 16.1. The molecule has 1 aromatic carbocycles. The van der Waals surface area contributed by atoms with E-state index in [4.69, 9.17) is 0 Å². The van der Waals surface area contributed by atoms with Crippen LogP contribution in [0.3, 0.4) is 0 Å². The number of amides is 1. The molecule has 0 saturated carbocycles. The highest BCUT2D eigenvalue weighted by atomic mass is 16.1. The summed E-state index contributed by atoms with van der Waals surface area (Å²) in [6, 6.07) is 8.22. The zero-order chi connectivity index (χ0) is 15.5. The third-order valence-electron chi connectivity index (χ3n) is 4.33. The number of hydrogen-bond acceptors (Lipinski definition) is 3. The van der Waals surface area contributed by atoms with Gasteiger partial charge in [0.1, 0.15) is 0 Å². The van der Waals surface area contributed by atoms with Crippen molar-refractivity contribution in [2.24, 2.45) is 0 Å². The minimum atomic E-state index is 0.00625. The van der Waals surface area contributed by atoms with Gasteiger partial charge in [-0.2, -0.15) is 0 Å². The van der Waals surface area contributed by atoms with Crippen LogP contribution in [-0.4, -0.2) is 47.4 Å². The molecule has 1 aliphatic rings. The van der Waals surface area contributed by atoms with Gasteiger partial charge >= 0.3 is 0 Å². The molecule has 0 spiro atoms. The maximum absolute atomic E-state index is 11.9. The van der Waals surface area contributed by atoms with Gasteiger partial charge in [-0.25, -0.2) is 0 Å². The van der Waals surface area contributed by atoms with Gasteiger partial charge in [0.05, 0.1) is 0 Å². The van der Waals surface area contributed by atoms with Crippen molar-refractivity contribution >= 4 is 17.3 Å². The van der Waals surface area contributed by atoms with Gasteiger partial charge in [-0.15, -0.1) is 0 Å². The fraction of sp³-hybridized carbons (Fsp3) is 0.412. The first-order valence-electron chi connectivity index (χ1n) is 7.76. The van der Waals surface area contributed by atoms with Crippen molar-refractivity contribution in [3.05, 3.63) is 45.7 Å². The van der Waals surface area contributed by atoms with Gasteiger partial charge in [-0.05, 0) is 29.5 Å². The Labute approximate surface area is 129 Å². The number of nitrogens with zero attached hydrogens (tertiary/aromatic N) is 2. The Bertz CT molecular complexity index is 730. The lowest BCUT2D eigenvalue weighted by Gasteiger charge is -2.32. The molecule has 1 aromatic heterocycles. The van der Waals surface area contributed by atoms with E-state index < -0.39 is 0 Å². The molecule has 5 heteroatoms. The van der Waals surface area contributed by atoms with E-state index >= 15 is 0 Å². The highest BCUT2D eigenvalue weighted by Crippen LogP contribution is 2.16. The van der Waals surface area contributed by atoms with E-state index in [9.17, 15) is 9.59 Å². The third kappa shape index (κ3) is 3.04. The summed E-state index contributed by atoms with van der Waals surface area (Å²) < 4.78 is 0. The molecular formula is C17H21N3O2. The van der Waals surface area contributed by atoms with Gasteiger partial charge < -0.3 is 9.88 Å². The van der Waals surface area contributed by atoms with Crippen molar-refractivity contribution in [3.63, 3.8) is 0 Å². The number of pyridine rings is 1. The Morgan fingerprint density at radius 2 is 1.95 bits per heavy atom. The number of nitrogens with one attached hydrogen (secondary N) is 1. The van der Waals surface area contributed by atoms with Gasteiger partial charge in [0.15, 0.2) is 0 Å². The van der Waals surface area contributed by atoms with Gasteiger partial charge in [0, 0.05) is 43.8 Å². The molecule has 1 saturated heterocycles. The van der Waals surface area contributed by atoms with Crippen molar-refractivity contribution in [2.45, 2.75) is 19.9 Å². The summed E-state index contributed by atoms with van der Waals surface area (Å²) in [5.74, 6) is 0.